The van der Waals surface area contributed by atoms with Crippen molar-refractivity contribution >= 4 is 27.7 Å². The number of rotatable bonds is 13. The number of ether oxygens (including phenoxy) is 2. The zero-order valence-corrected chi connectivity index (χ0v) is 22.4. The molecule has 200 valence electrons. The normalized spacial score (nSPS) is 11.1. The number of benzene rings is 4. The molecule has 6 nitrogen and oxygen atoms in total. The Morgan fingerprint density at radius 2 is 1.59 bits per heavy atom. The van der Waals surface area contributed by atoms with Gasteiger partial charge in [-0.3, -0.25) is 4.79 Å². The first-order valence-electron chi connectivity index (χ1n) is 13.7. The second-order valence-electron chi connectivity index (χ2n) is 9.61. The number of para-hydroxylation sites is 3. The van der Waals surface area contributed by atoms with E-state index in [-0.39, 0.29) is 5.91 Å². The molecule has 1 aromatic heterocycles. The highest BCUT2D eigenvalue weighted by atomic mass is 16.5. The number of nitrogens with zero attached hydrogens (tertiary/aromatic N) is 2. The monoisotopic (exact) mass is 521 g/mol. The van der Waals surface area contributed by atoms with Gasteiger partial charge >= 0.3 is 0 Å². The summed E-state index contributed by atoms with van der Waals surface area (Å²) in [6.07, 6.45) is 4.74. The van der Waals surface area contributed by atoms with Crippen molar-refractivity contribution in [2.45, 2.75) is 38.6 Å². The molecule has 1 heterocycles. The molecule has 1 amide bonds. The lowest BCUT2D eigenvalue weighted by Gasteiger charge is -2.12. The maximum atomic E-state index is 12.5. The Morgan fingerprint density at radius 1 is 0.821 bits per heavy atom. The minimum Gasteiger partial charge on any atom is -0.496 e. The third-order valence-electron chi connectivity index (χ3n) is 6.98. The van der Waals surface area contributed by atoms with Crippen molar-refractivity contribution in [2.24, 2.45) is 0 Å². The molecule has 0 radical (unpaired) electrons. The molecule has 0 fully saturated rings. The second-order valence-corrected chi connectivity index (χ2v) is 9.61. The molecule has 39 heavy (non-hydrogen) atoms. The number of unbranched alkanes of at least 4 members (excludes halogenated alkanes) is 2. The summed E-state index contributed by atoms with van der Waals surface area (Å²) in [5, 5.41) is 5.35. The Kier molecular flexibility index (Phi) is 8.74. The highest BCUT2D eigenvalue weighted by Gasteiger charge is 2.12. The fourth-order valence-electron chi connectivity index (χ4n) is 5.01. The highest BCUT2D eigenvalue weighted by molar-refractivity contribution is 5.96. The molecule has 5 rings (SSSR count). The van der Waals surface area contributed by atoms with Gasteiger partial charge in [0.1, 0.15) is 17.3 Å². The molecule has 0 spiro atoms. The first-order chi connectivity index (χ1) is 19.2. The minimum absolute atomic E-state index is 0.0973. The lowest BCUT2D eigenvalue weighted by Crippen LogP contribution is -2.24. The van der Waals surface area contributed by atoms with Crippen LogP contribution < -0.4 is 14.8 Å². The van der Waals surface area contributed by atoms with E-state index in [0.29, 0.717) is 24.5 Å². The van der Waals surface area contributed by atoms with Crippen molar-refractivity contribution in [1.29, 1.82) is 0 Å². The average Bonchev–Trinajstić information content (AvgIpc) is 3.34. The number of nitrogens with one attached hydrogen (secondary N) is 1. The van der Waals surface area contributed by atoms with E-state index in [4.69, 9.17) is 14.5 Å². The summed E-state index contributed by atoms with van der Waals surface area (Å²) in [5.74, 6) is 2.54. The number of imidazole rings is 1. The quantitative estimate of drug-likeness (QED) is 0.173. The fourth-order valence-corrected chi connectivity index (χ4v) is 5.01. The lowest BCUT2D eigenvalue weighted by atomic mass is 10.1. The summed E-state index contributed by atoms with van der Waals surface area (Å²) in [6, 6.07) is 30.1. The van der Waals surface area contributed by atoms with E-state index < -0.39 is 0 Å². The molecular formula is C33H35N3O3. The van der Waals surface area contributed by atoms with E-state index in [1.807, 2.05) is 36.4 Å². The standard InChI is InChI=1S/C33H35N3O3/c1-38-30-19-9-6-16-27(30)33(37)34-22-10-2-3-21-32-35-28-17-7-8-18-29(28)36(32)23-12-24-39-31-20-11-14-25-13-4-5-15-26(25)31/h4-9,11,13-20H,2-3,10,12,21-24H2,1H3,(H,34,37). The third kappa shape index (κ3) is 6.40. The van der Waals surface area contributed by atoms with E-state index >= 15 is 0 Å². The molecule has 0 bridgehead atoms. The molecule has 0 saturated heterocycles. The van der Waals surface area contributed by atoms with Crippen LogP contribution in [0.3, 0.4) is 0 Å². The Labute approximate surface area is 229 Å². The Morgan fingerprint density at radius 3 is 2.51 bits per heavy atom. The van der Waals surface area contributed by atoms with Crippen LogP contribution in [-0.2, 0) is 13.0 Å². The number of aromatic nitrogens is 2. The number of amides is 1. The number of aryl methyl sites for hydroxylation is 2. The average molecular weight is 522 g/mol. The van der Waals surface area contributed by atoms with Crippen molar-refractivity contribution in [3.05, 3.63) is 102 Å². The molecular weight excluding hydrogens is 486 g/mol. The second kappa shape index (κ2) is 13.0. The molecule has 0 saturated carbocycles. The van der Waals surface area contributed by atoms with E-state index in [0.717, 1.165) is 61.1 Å². The maximum Gasteiger partial charge on any atom is 0.255 e. The van der Waals surface area contributed by atoms with Crippen molar-refractivity contribution < 1.29 is 14.3 Å². The number of carbonyl (C=O) groups excluding carboxylic acids is 1. The van der Waals surface area contributed by atoms with E-state index in [2.05, 4.69) is 52.3 Å². The van der Waals surface area contributed by atoms with Gasteiger partial charge in [0.15, 0.2) is 0 Å². The van der Waals surface area contributed by atoms with Crippen LogP contribution in [0.5, 0.6) is 11.5 Å². The molecule has 0 atom stereocenters. The molecule has 1 N–H and O–H groups in total. The van der Waals surface area contributed by atoms with Gasteiger partial charge in [-0.2, -0.15) is 0 Å². The predicted octanol–water partition coefficient (Wildman–Crippen LogP) is 6.81. The summed E-state index contributed by atoms with van der Waals surface area (Å²) in [7, 11) is 1.58. The Hall–Kier alpha value is -4.32. The van der Waals surface area contributed by atoms with Gasteiger partial charge in [0.25, 0.3) is 5.91 Å². The van der Waals surface area contributed by atoms with Gasteiger partial charge in [0, 0.05) is 24.9 Å². The largest absolute Gasteiger partial charge is 0.496 e. The third-order valence-corrected chi connectivity index (χ3v) is 6.98. The molecule has 0 aliphatic carbocycles. The first-order valence-corrected chi connectivity index (χ1v) is 13.7. The van der Waals surface area contributed by atoms with Crippen molar-refractivity contribution in [2.75, 3.05) is 20.3 Å². The van der Waals surface area contributed by atoms with Gasteiger partial charge in [-0.15, -0.1) is 0 Å². The molecule has 0 unspecified atom stereocenters. The molecule has 0 aliphatic rings. The lowest BCUT2D eigenvalue weighted by molar-refractivity contribution is 0.0950. The van der Waals surface area contributed by atoms with Gasteiger partial charge in [0.05, 0.1) is 30.3 Å². The van der Waals surface area contributed by atoms with Crippen molar-refractivity contribution in [3.63, 3.8) is 0 Å². The SMILES string of the molecule is COc1ccccc1C(=O)NCCCCCc1nc2ccccc2n1CCCOc1cccc2ccccc12. The maximum absolute atomic E-state index is 12.5. The Balaban J connectivity index is 1.12. The molecule has 0 aliphatic heterocycles. The number of hydrogen-bond acceptors (Lipinski definition) is 4. The van der Waals surface area contributed by atoms with E-state index in [9.17, 15) is 4.79 Å². The number of methoxy groups -OCH3 is 1. The Bertz CT molecular complexity index is 1540. The van der Waals surface area contributed by atoms with Gasteiger partial charge in [-0.25, -0.2) is 4.98 Å². The van der Waals surface area contributed by atoms with Gasteiger partial charge in [0.2, 0.25) is 0 Å². The summed E-state index contributed by atoms with van der Waals surface area (Å²) in [6.45, 7) is 2.14. The van der Waals surface area contributed by atoms with Gasteiger partial charge in [-0.1, -0.05) is 67.1 Å². The summed E-state index contributed by atoms with van der Waals surface area (Å²) < 4.78 is 13.8. The van der Waals surface area contributed by atoms with E-state index in [1.54, 1.807) is 19.2 Å². The molecule has 5 aromatic rings. The zero-order chi connectivity index (χ0) is 26.9. The van der Waals surface area contributed by atoms with Crippen LogP contribution in [0.15, 0.2) is 91.0 Å². The summed E-state index contributed by atoms with van der Waals surface area (Å²) in [4.78, 5) is 17.4. The fraction of sp³-hybridized carbons (Fsp3) is 0.273. The van der Waals surface area contributed by atoms with Crippen LogP contribution in [0, 0.1) is 0 Å². The highest BCUT2D eigenvalue weighted by Crippen LogP contribution is 2.25. The first kappa shape index (κ1) is 26.3. The van der Waals surface area contributed by atoms with Crippen molar-refractivity contribution in [1.82, 2.24) is 14.9 Å². The minimum atomic E-state index is -0.0973. The predicted molar refractivity (Wildman–Crippen MR) is 157 cm³/mol. The number of fused-ring (bicyclic) bond motifs is 2. The smallest absolute Gasteiger partial charge is 0.255 e. The van der Waals surface area contributed by atoms with Crippen LogP contribution in [0.1, 0.15) is 41.9 Å². The van der Waals surface area contributed by atoms with Crippen LogP contribution in [0.25, 0.3) is 21.8 Å². The van der Waals surface area contributed by atoms with E-state index in [1.165, 1.54) is 10.9 Å². The van der Waals surface area contributed by atoms with Crippen LogP contribution in [-0.4, -0.2) is 35.7 Å². The summed E-state index contributed by atoms with van der Waals surface area (Å²) in [5.41, 5.74) is 2.77. The number of hydrogen-bond donors (Lipinski definition) is 1. The van der Waals surface area contributed by atoms with Gasteiger partial charge in [-0.05, 0) is 55.0 Å². The molecule has 6 heteroatoms. The van der Waals surface area contributed by atoms with Crippen LogP contribution in [0.2, 0.25) is 0 Å². The van der Waals surface area contributed by atoms with Crippen LogP contribution in [0.4, 0.5) is 0 Å². The summed E-state index contributed by atoms with van der Waals surface area (Å²) >= 11 is 0. The number of carbonyl (C=O) groups is 1. The van der Waals surface area contributed by atoms with Crippen molar-refractivity contribution in [3.8, 4) is 11.5 Å². The van der Waals surface area contributed by atoms with Gasteiger partial charge < -0.3 is 19.4 Å². The molecule has 4 aromatic carbocycles. The zero-order valence-electron chi connectivity index (χ0n) is 22.4. The topological polar surface area (TPSA) is 65.4 Å². The van der Waals surface area contributed by atoms with Crippen LogP contribution >= 0.6 is 0 Å².